The van der Waals surface area contributed by atoms with Gasteiger partial charge in [-0.3, -0.25) is 4.90 Å². The van der Waals surface area contributed by atoms with Crippen molar-refractivity contribution in [3.8, 4) is 6.07 Å². The van der Waals surface area contributed by atoms with Crippen LogP contribution in [0.4, 0.5) is 10.5 Å². The van der Waals surface area contributed by atoms with Crippen LogP contribution >= 0.6 is 0 Å². The number of aliphatic hydroxyl groups is 1. The third-order valence-electron chi connectivity index (χ3n) is 4.67. The van der Waals surface area contributed by atoms with Crippen molar-refractivity contribution in [2.45, 2.75) is 18.6 Å². The lowest BCUT2D eigenvalue weighted by molar-refractivity contribution is 0.144. The number of rotatable bonds is 1. The maximum absolute atomic E-state index is 12.6. The summed E-state index contributed by atoms with van der Waals surface area (Å²) in [4.78, 5) is 16.1. The molecule has 2 saturated heterocycles. The minimum atomic E-state index is -0.446. The van der Waals surface area contributed by atoms with Crippen molar-refractivity contribution in [2.24, 2.45) is 0 Å². The Labute approximate surface area is 128 Å². The zero-order valence-corrected chi connectivity index (χ0v) is 11.9. The number of hydrogen-bond acceptors (Lipinski definition) is 3. The van der Waals surface area contributed by atoms with Gasteiger partial charge in [-0.05, 0) is 18.6 Å². The molecule has 2 amide bonds. The van der Waals surface area contributed by atoms with Gasteiger partial charge >= 0.3 is 6.03 Å². The smallest absolute Gasteiger partial charge is 0.324 e. The normalized spacial score (nSPS) is 23.9. The average Bonchev–Trinajstić information content (AvgIpc) is 3.07. The van der Waals surface area contributed by atoms with Gasteiger partial charge in [-0.1, -0.05) is 24.3 Å². The molecule has 110 valence electrons. The summed E-state index contributed by atoms with van der Waals surface area (Å²) in [7, 11) is 0. The molecule has 22 heavy (non-hydrogen) atoms. The minimum absolute atomic E-state index is 0.0589. The van der Waals surface area contributed by atoms with Gasteiger partial charge in [-0.15, -0.1) is 0 Å². The number of carbonyl (C=O) groups excluding carboxylic acids is 1. The van der Waals surface area contributed by atoms with Crippen molar-refractivity contribution in [3.05, 3.63) is 42.0 Å². The number of aliphatic hydroxyl groups excluding tert-OH is 1. The number of nitriles is 1. The molecule has 0 bridgehead atoms. The lowest BCUT2D eigenvalue weighted by Crippen LogP contribution is -2.32. The van der Waals surface area contributed by atoms with Gasteiger partial charge in [-0.25, -0.2) is 4.79 Å². The molecule has 2 atom stereocenters. The van der Waals surface area contributed by atoms with Gasteiger partial charge in [-0.2, -0.15) is 5.26 Å². The molecule has 0 aliphatic carbocycles. The molecule has 0 spiro atoms. The van der Waals surface area contributed by atoms with Gasteiger partial charge in [0.15, 0.2) is 0 Å². The molecule has 2 aromatic rings. The molecule has 2 fully saturated rings. The topological polar surface area (TPSA) is 67.6 Å². The van der Waals surface area contributed by atoms with E-state index in [1.807, 2.05) is 30.3 Å². The van der Waals surface area contributed by atoms with Crippen molar-refractivity contribution >= 4 is 22.5 Å². The summed E-state index contributed by atoms with van der Waals surface area (Å²) >= 11 is 0. The molecule has 4 rings (SSSR count). The molecule has 0 unspecified atom stereocenters. The lowest BCUT2D eigenvalue weighted by Gasteiger charge is -2.19. The highest BCUT2D eigenvalue weighted by Gasteiger charge is 2.45. The Hall–Kier alpha value is -2.58. The molecule has 2 aromatic carbocycles. The fourth-order valence-electron chi connectivity index (χ4n) is 3.53. The fraction of sp³-hybridized carbons (Fsp3) is 0.294. The first-order chi connectivity index (χ1) is 10.7. The molecular weight excluding hydrogens is 278 g/mol. The number of carbonyl (C=O) groups is 1. The quantitative estimate of drug-likeness (QED) is 0.875. The van der Waals surface area contributed by atoms with Gasteiger partial charge in [0.25, 0.3) is 0 Å². The molecule has 0 aromatic heterocycles. The first-order valence-corrected chi connectivity index (χ1v) is 7.39. The fourth-order valence-corrected chi connectivity index (χ4v) is 3.53. The van der Waals surface area contributed by atoms with Crippen LogP contribution in [-0.4, -0.2) is 41.3 Å². The summed E-state index contributed by atoms with van der Waals surface area (Å²) in [6, 6.07) is 13.2. The highest BCUT2D eigenvalue weighted by molar-refractivity contribution is 6.06. The number of benzene rings is 2. The number of nitrogens with zero attached hydrogens (tertiary/aromatic N) is 3. The van der Waals surface area contributed by atoms with Crippen LogP contribution < -0.4 is 4.90 Å². The number of fused-ring (bicyclic) bond motifs is 2. The van der Waals surface area contributed by atoms with Crippen LogP contribution in [0.25, 0.3) is 10.8 Å². The van der Waals surface area contributed by atoms with Crippen LogP contribution in [0, 0.1) is 11.3 Å². The summed E-state index contributed by atoms with van der Waals surface area (Å²) < 4.78 is 0. The Morgan fingerprint density at radius 1 is 1.18 bits per heavy atom. The number of hydrogen-bond donors (Lipinski definition) is 1. The van der Waals surface area contributed by atoms with Gasteiger partial charge in [0.2, 0.25) is 0 Å². The maximum atomic E-state index is 12.6. The first kappa shape index (κ1) is 13.1. The monoisotopic (exact) mass is 293 g/mol. The van der Waals surface area contributed by atoms with E-state index in [9.17, 15) is 15.2 Å². The maximum Gasteiger partial charge on any atom is 0.324 e. The highest BCUT2D eigenvalue weighted by atomic mass is 16.3. The van der Waals surface area contributed by atoms with E-state index in [0.29, 0.717) is 25.1 Å². The Balaban J connectivity index is 1.83. The van der Waals surface area contributed by atoms with Crippen LogP contribution in [0.15, 0.2) is 36.4 Å². The van der Waals surface area contributed by atoms with E-state index < -0.39 is 6.10 Å². The molecule has 1 N–H and O–H groups in total. The summed E-state index contributed by atoms with van der Waals surface area (Å²) in [6.45, 7) is 1.10. The average molecular weight is 293 g/mol. The zero-order valence-electron chi connectivity index (χ0n) is 11.9. The van der Waals surface area contributed by atoms with Crippen molar-refractivity contribution in [1.29, 1.82) is 5.26 Å². The zero-order chi connectivity index (χ0) is 15.3. The van der Waals surface area contributed by atoms with E-state index >= 15 is 0 Å². The Morgan fingerprint density at radius 3 is 2.68 bits per heavy atom. The van der Waals surface area contributed by atoms with Crippen LogP contribution in [0.2, 0.25) is 0 Å². The van der Waals surface area contributed by atoms with E-state index in [4.69, 9.17) is 0 Å². The van der Waals surface area contributed by atoms with E-state index in [1.165, 1.54) is 0 Å². The summed E-state index contributed by atoms with van der Waals surface area (Å²) in [5, 5.41) is 21.0. The summed E-state index contributed by atoms with van der Waals surface area (Å²) in [5.74, 6) is 0. The standard InChI is InChI=1S/C17H15N3O2/c18-9-11-5-6-14(13-4-2-1-3-12(11)13)20-10-15-16(21)7-8-19(15)17(20)22/h1-6,15-16,21H,7-8,10H2/t15-,16+/m0/s1. The molecule has 5 nitrogen and oxygen atoms in total. The highest BCUT2D eigenvalue weighted by Crippen LogP contribution is 2.35. The van der Waals surface area contributed by atoms with E-state index in [1.54, 1.807) is 15.9 Å². The van der Waals surface area contributed by atoms with Gasteiger partial charge < -0.3 is 10.0 Å². The van der Waals surface area contributed by atoms with Gasteiger partial charge in [0, 0.05) is 17.3 Å². The van der Waals surface area contributed by atoms with Crippen LogP contribution in [0.1, 0.15) is 12.0 Å². The largest absolute Gasteiger partial charge is 0.391 e. The third kappa shape index (κ3) is 1.71. The predicted octanol–water partition coefficient (Wildman–Crippen LogP) is 2.09. The van der Waals surface area contributed by atoms with Gasteiger partial charge in [0.05, 0.1) is 36.0 Å². The van der Waals surface area contributed by atoms with E-state index in [-0.39, 0.29) is 12.1 Å². The second-order valence-electron chi connectivity index (χ2n) is 5.80. The van der Waals surface area contributed by atoms with Crippen molar-refractivity contribution in [1.82, 2.24) is 4.90 Å². The second-order valence-corrected chi connectivity index (χ2v) is 5.80. The third-order valence-corrected chi connectivity index (χ3v) is 4.67. The predicted molar refractivity (Wildman–Crippen MR) is 82.5 cm³/mol. The van der Waals surface area contributed by atoms with E-state index in [0.717, 1.165) is 16.5 Å². The molecule has 2 aliphatic heterocycles. The molecule has 0 saturated carbocycles. The van der Waals surface area contributed by atoms with Crippen LogP contribution in [0.3, 0.4) is 0 Å². The molecule has 2 aliphatic rings. The van der Waals surface area contributed by atoms with Gasteiger partial charge in [0.1, 0.15) is 0 Å². The van der Waals surface area contributed by atoms with Crippen LogP contribution in [0.5, 0.6) is 0 Å². The minimum Gasteiger partial charge on any atom is -0.391 e. The van der Waals surface area contributed by atoms with Crippen LogP contribution in [-0.2, 0) is 0 Å². The second kappa shape index (κ2) is 4.72. The Bertz CT molecular complexity index is 811. The molecule has 2 heterocycles. The van der Waals surface area contributed by atoms with Crippen molar-refractivity contribution in [3.63, 3.8) is 0 Å². The molecule has 0 radical (unpaired) electrons. The summed E-state index contributed by atoms with van der Waals surface area (Å²) in [6.07, 6.45) is 0.205. The van der Waals surface area contributed by atoms with Crippen molar-refractivity contribution < 1.29 is 9.90 Å². The number of amides is 2. The first-order valence-electron chi connectivity index (χ1n) is 7.39. The lowest BCUT2D eigenvalue weighted by atomic mass is 10.0. The molecule has 5 heteroatoms. The number of urea groups is 1. The number of anilines is 1. The Morgan fingerprint density at radius 2 is 1.95 bits per heavy atom. The SMILES string of the molecule is N#Cc1ccc(N2C[C@H]3[C@H](O)CCN3C2=O)c2ccccc12. The Kier molecular flexibility index (Phi) is 2.81. The van der Waals surface area contributed by atoms with Crippen molar-refractivity contribution in [2.75, 3.05) is 18.0 Å². The van der Waals surface area contributed by atoms with E-state index in [2.05, 4.69) is 6.07 Å². The molecular formula is C17H15N3O2. The summed E-state index contributed by atoms with van der Waals surface area (Å²) in [5.41, 5.74) is 1.41.